The summed E-state index contributed by atoms with van der Waals surface area (Å²) in [6.07, 6.45) is 0.800. The molecule has 0 heterocycles. The second kappa shape index (κ2) is 4.44. The van der Waals surface area contributed by atoms with Crippen LogP contribution in [0.1, 0.15) is 12.5 Å². The highest BCUT2D eigenvalue weighted by Crippen LogP contribution is 2.08. The van der Waals surface area contributed by atoms with E-state index in [9.17, 15) is 0 Å². The first kappa shape index (κ1) is 9.50. The number of hydrogen-bond acceptors (Lipinski definition) is 2. The first-order chi connectivity index (χ1) is 6.24. The van der Waals surface area contributed by atoms with E-state index >= 15 is 0 Å². The lowest BCUT2D eigenvalue weighted by Gasteiger charge is -2.01. The number of rotatable bonds is 2. The van der Waals surface area contributed by atoms with Crippen molar-refractivity contribution in [2.75, 3.05) is 0 Å². The third-order valence-electron chi connectivity index (χ3n) is 1.75. The van der Waals surface area contributed by atoms with Crippen molar-refractivity contribution in [1.29, 1.82) is 5.26 Å². The first-order valence-electron chi connectivity index (χ1n) is 4.05. The minimum absolute atomic E-state index is 0.661. The molecule has 1 atom stereocenters. The van der Waals surface area contributed by atoms with E-state index in [1.807, 2.05) is 30.3 Å². The van der Waals surface area contributed by atoms with Gasteiger partial charge in [0.25, 0.3) is 0 Å². The van der Waals surface area contributed by atoms with Gasteiger partial charge in [-0.2, -0.15) is 5.26 Å². The fraction of sp³-hybridized carbons (Fsp3) is 0.182. The number of nitrogens with zero attached hydrogens (tertiary/aromatic N) is 1. The third-order valence-corrected chi connectivity index (χ3v) is 1.75. The number of hydrogen-bond donors (Lipinski definition) is 1. The van der Waals surface area contributed by atoms with Crippen molar-refractivity contribution in [2.45, 2.75) is 13.0 Å². The van der Waals surface area contributed by atoms with Gasteiger partial charge in [0.2, 0.25) is 0 Å². The molecule has 13 heavy (non-hydrogen) atoms. The standard InChI is InChI=1S/C11H11NO/c1-9(11(13)8-12)7-10-5-3-2-4-6-10/h2-7,11,13H,1H3/b9-7+/t11-/m0/s1. The van der Waals surface area contributed by atoms with Crippen molar-refractivity contribution in [3.63, 3.8) is 0 Å². The second-order valence-corrected chi connectivity index (χ2v) is 2.83. The van der Waals surface area contributed by atoms with Gasteiger partial charge in [0.05, 0.1) is 6.07 Å². The molecule has 0 aliphatic carbocycles. The van der Waals surface area contributed by atoms with Crippen LogP contribution in [0.15, 0.2) is 35.9 Å². The number of benzene rings is 1. The molecule has 66 valence electrons. The van der Waals surface area contributed by atoms with Crippen molar-refractivity contribution in [3.8, 4) is 6.07 Å². The summed E-state index contributed by atoms with van der Waals surface area (Å²) in [5.74, 6) is 0. The Morgan fingerprint density at radius 1 is 1.46 bits per heavy atom. The number of aliphatic hydroxyl groups is 1. The lowest BCUT2D eigenvalue weighted by atomic mass is 10.1. The van der Waals surface area contributed by atoms with Crippen LogP contribution >= 0.6 is 0 Å². The molecule has 0 aliphatic heterocycles. The summed E-state index contributed by atoms with van der Waals surface area (Å²) in [5, 5.41) is 17.6. The minimum Gasteiger partial charge on any atom is -0.374 e. The molecule has 0 fully saturated rings. The van der Waals surface area contributed by atoms with E-state index in [4.69, 9.17) is 10.4 Å². The molecule has 2 nitrogen and oxygen atoms in total. The minimum atomic E-state index is -1.000. The van der Waals surface area contributed by atoms with E-state index in [1.165, 1.54) is 0 Å². The zero-order valence-corrected chi connectivity index (χ0v) is 7.44. The lowest BCUT2D eigenvalue weighted by Crippen LogP contribution is -2.03. The fourth-order valence-corrected chi connectivity index (χ4v) is 0.993. The van der Waals surface area contributed by atoms with Crippen molar-refractivity contribution >= 4 is 6.08 Å². The quantitative estimate of drug-likeness (QED) is 0.695. The average molecular weight is 173 g/mol. The molecule has 1 aromatic carbocycles. The predicted octanol–water partition coefficient (Wildman–Crippen LogP) is 1.97. The highest BCUT2D eigenvalue weighted by atomic mass is 16.3. The van der Waals surface area contributed by atoms with Crippen LogP contribution in [0.3, 0.4) is 0 Å². The van der Waals surface area contributed by atoms with Crippen LogP contribution in [0.4, 0.5) is 0 Å². The Morgan fingerprint density at radius 2 is 2.08 bits per heavy atom. The van der Waals surface area contributed by atoms with Crippen LogP contribution in [0, 0.1) is 11.3 Å². The first-order valence-corrected chi connectivity index (χ1v) is 4.05. The van der Waals surface area contributed by atoms with E-state index in [0.717, 1.165) is 5.56 Å². The lowest BCUT2D eigenvalue weighted by molar-refractivity contribution is 0.267. The summed E-state index contributed by atoms with van der Waals surface area (Å²) in [6, 6.07) is 11.4. The summed E-state index contributed by atoms with van der Waals surface area (Å²) in [6.45, 7) is 1.74. The Kier molecular flexibility index (Phi) is 3.24. The fourth-order valence-electron chi connectivity index (χ4n) is 0.993. The van der Waals surface area contributed by atoms with Gasteiger partial charge in [-0.1, -0.05) is 36.4 Å². The van der Waals surface area contributed by atoms with E-state index in [0.29, 0.717) is 5.57 Å². The van der Waals surface area contributed by atoms with Gasteiger partial charge in [-0.15, -0.1) is 0 Å². The van der Waals surface area contributed by atoms with Crippen molar-refractivity contribution < 1.29 is 5.11 Å². The maximum atomic E-state index is 9.16. The monoisotopic (exact) mass is 173 g/mol. The Bertz CT molecular complexity index is 335. The Balaban J connectivity index is 2.84. The van der Waals surface area contributed by atoms with E-state index in [1.54, 1.807) is 19.1 Å². The van der Waals surface area contributed by atoms with Crippen molar-refractivity contribution in [1.82, 2.24) is 0 Å². The van der Waals surface area contributed by atoms with Gasteiger partial charge in [-0.25, -0.2) is 0 Å². The summed E-state index contributed by atoms with van der Waals surface area (Å²) in [5.41, 5.74) is 1.66. The van der Waals surface area contributed by atoms with Crippen LogP contribution < -0.4 is 0 Å². The molecule has 0 saturated carbocycles. The molecular formula is C11H11NO. The summed E-state index contributed by atoms with van der Waals surface area (Å²) in [7, 11) is 0. The van der Waals surface area contributed by atoms with Gasteiger partial charge in [-0.3, -0.25) is 0 Å². The molecule has 0 unspecified atom stereocenters. The highest BCUT2D eigenvalue weighted by Gasteiger charge is 2.02. The van der Waals surface area contributed by atoms with Crippen LogP contribution in [-0.2, 0) is 0 Å². The Hall–Kier alpha value is -1.59. The molecular weight excluding hydrogens is 162 g/mol. The molecule has 1 N–H and O–H groups in total. The van der Waals surface area contributed by atoms with Gasteiger partial charge < -0.3 is 5.11 Å². The molecule has 0 spiro atoms. The van der Waals surface area contributed by atoms with Gasteiger partial charge in [-0.05, 0) is 18.1 Å². The molecule has 0 bridgehead atoms. The van der Waals surface area contributed by atoms with Crippen molar-refractivity contribution in [3.05, 3.63) is 41.5 Å². The predicted molar refractivity (Wildman–Crippen MR) is 51.7 cm³/mol. The largest absolute Gasteiger partial charge is 0.374 e. The third kappa shape index (κ3) is 2.73. The number of nitriles is 1. The Morgan fingerprint density at radius 3 is 2.62 bits per heavy atom. The van der Waals surface area contributed by atoms with Gasteiger partial charge in [0.15, 0.2) is 6.10 Å². The molecule has 0 aromatic heterocycles. The molecule has 0 saturated heterocycles. The van der Waals surface area contributed by atoms with E-state index in [-0.39, 0.29) is 0 Å². The second-order valence-electron chi connectivity index (χ2n) is 2.83. The van der Waals surface area contributed by atoms with E-state index in [2.05, 4.69) is 0 Å². The molecule has 0 aliphatic rings. The van der Waals surface area contributed by atoms with Crippen molar-refractivity contribution in [2.24, 2.45) is 0 Å². The normalized spacial score (nSPS) is 13.5. The van der Waals surface area contributed by atoms with Crippen LogP contribution in [0.25, 0.3) is 6.08 Å². The SMILES string of the molecule is C/C(=C\c1ccccc1)[C@@H](O)C#N. The van der Waals surface area contributed by atoms with Crippen LogP contribution in [-0.4, -0.2) is 11.2 Å². The molecule has 0 amide bonds. The van der Waals surface area contributed by atoms with Gasteiger partial charge >= 0.3 is 0 Å². The Labute approximate surface area is 77.8 Å². The molecule has 1 aromatic rings. The summed E-state index contributed by atoms with van der Waals surface area (Å²) in [4.78, 5) is 0. The van der Waals surface area contributed by atoms with Gasteiger partial charge in [0, 0.05) is 0 Å². The number of aliphatic hydroxyl groups excluding tert-OH is 1. The molecule has 1 rings (SSSR count). The van der Waals surface area contributed by atoms with Crippen LogP contribution in [0.2, 0.25) is 0 Å². The smallest absolute Gasteiger partial charge is 0.161 e. The van der Waals surface area contributed by atoms with Crippen LogP contribution in [0.5, 0.6) is 0 Å². The van der Waals surface area contributed by atoms with Gasteiger partial charge in [0.1, 0.15) is 0 Å². The zero-order valence-electron chi connectivity index (χ0n) is 7.44. The summed E-state index contributed by atoms with van der Waals surface area (Å²) < 4.78 is 0. The molecule has 2 heteroatoms. The topological polar surface area (TPSA) is 44.0 Å². The zero-order chi connectivity index (χ0) is 9.68. The average Bonchev–Trinajstić information content (AvgIpc) is 2.18. The maximum Gasteiger partial charge on any atom is 0.161 e. The van der Waals surface area contributed by atoms with E-state index < -0.39 is 6.10 Å². The maximum absolute atomic E-state index is 9.16. The highest BCUT2D eigenvalue weighted by molar-refractivity contribution is 5.53. The summed E-state index contributed by atoms with van der Waals surface area (Å²) >= 11 is 0. The molecule has 0 radical (unpaired) electrons.